The fourth-order valence-electron chi connectivity index (χ4n) is 2.40. The lowest BCUT2D eigenvalue weighted by Crippen LogP contribution is -2.11. The Bertz CT molecular complexity index is 996. The fraction of sp³-hybridized carbons (Fsp3) is 0.167. The van der Waals surface area contributed by atoms with Crippen LogP contribution in [-0.2, 0) is 14.6 Å². The lowest BCUT2D eigenvalue weighted by molar-refractivity contribution is -0.118. The van der Waals surface area contributed by atoms with E-state index in [-0.39, 0.29) is 27.2 Å². The third kappa shape index (κ3) is 3.10. The molecule has 2 aromatic heterocycles. The number of pyridine rings is 1. The van der Waals surface area contributed by atoms with Crippen LogP contribution in [-0.4, -0.2) is 24.3 Å². The van der Waals surface area contributed by atoms with Gasteiger partial charge < -0.3 is 4.52 Å². The predicted octanol–water partition coefficient (Wildman–Crippen LogP) is 3.26. The van der Waals surface area contributed by atoms with Gasteiger partial charge in [-0.1, -0.05) is 41.6 Å². The van der Waals surface area contributed by atoms with Crippen molar-refractivity contribution >= 4 is 15.6 Å². The molecule has 1 aromatic carbocycles. The van der Waals surface area contributed by atoms with Gasteiger partial charge in [0.15, 0.2) is 10.8 Å². The molecule has 0 aliphatic heterocycles. The molecule has 3 rings (SSSR count). The van der Waals surface area contributed by atoms with Crippen molar-refractivity contribution in [2.75, 3.05) is 0 Å². The Morgan fingerprint density at radius 1 is 1.08 bits per heavy atom. The van der Waals surface area contributed by atoms with E-state index < -0.39 is 15.8 Å². The second-order valence-electron chi connectivity index (χ2n) is 5.59. The Labute approximate surface area is 145 Å². The smallest absolute Gasteiger partial charge is 0.229 e. The molecule has 0 radical (unpaired) electrons. The van der Waals surface area contributed by atoms with E-state index in [1.54, 1.807) is 43.3 Å². The molecule has 0 fully saturated rings. The minimum atomic E-state index is -4.00. The summed E-state index contributed by atoms with van der Waals surface area (Å²) < 4.78 is 31.6. The first-order valence-electron chi connectivity index (χ1n) is 7.64. The summed E-state index contributed by atoms with van der Waals surface area (Å²) in [6.07, 6.45) is 1.40. The highest BCUT2D eigenvalue weighted by Gasteiger charge is 2.34. The zero-order valence-corrected chi connectivity index (χ0v) is 14.5. The van der Waals surface area contributed by atoms with E-state index >= 15 is 0 Å². The zero-order chi connectivity index (χ0) is 18.0. The molecule has 0 saturated heterocycles. The van der Waals surface area contributed by atoms with Gasteiger partial charge in [0.1, 0.15) is 16.4 Å². The molecule has 0 aliphatic carbocycles. The van der Waals surface area contributed by atoms with Crippen LogP contribution in [0.4, 0.5) is 0 Å². The van der Waals surface area contributed by atoms with Gasteiger partial charge in [0.05, 0.1) is 5.92 Å². The van der Waals surface area contributed by atoms with Crippen molar-refractivity contribution in [3.8, 4) is 11.3 Å². The van der Waals surface area contributed by atoms with Crippen molar-refractivity contribution in [3.63, 3.8) is 0 Å². The number of carbonyl (C=O) groups excluding carboxylic acids is 1. The minimum absolute atomic E-state index is 0.0250. The van der Waals surface area contributed by atoms with Crippen LogP contribution in [0.2, 0.25) is 0 Å². The first kappa shape index (κ1) is 17.0. The predicted molar refractivity (Wildman–Crippen MR) is 90.7 cm³/mol. The van der Waals surface area contributed by atoms with E-state index in [0.717, 1.165) is 0 Å². The second-order valence-corrected chi connectivity index (χ2v) is 7.43. The van der Waals surface area contributed by atoms with Gasteiger partial charge in [0, 0.05) is 11.8 Å². The second kappa shape index (κ2) is 6.60. The van der Waals surface area contributed by atoms with Crippen LogP contribution in [0.15, 0.2) is 69.2 Å². The van der Waals surface area contributed by atoms with Crippen molar-refractivity contribution in [1.82, 2.24) is 10.1 Å². The third-order valence-electron chi connectivity index (χ3n) is 3.91. The summed E-state index contributed by atoms with van der Waals surface area (Å²) in [4.78, 5) is 15.6. The molecule has 1 atom stereocenters. The molecule has 2 heterocycles. The standard InChI is InChI=1S/C18H16N2O4S/c1-12(13(2)21)17-18(25(22,23)15-10-6-7-11-19-15)16(20-24-17)14-8-4-3-5-9-14/h3-12H,1-2H3. The summed E-state index contributed by atoms with van der Waals surface area (Å²) in [5, 5.41) is 3.83. The van der Waals surface area contributed by atoms with Crippen LogP contribution in [0.3, 0.4) is 0 Å². The summed E-state index contributed by atoms with van der Waals surface area (Å²) in [7, 11) is -4.00. The Morgan fingerprint density at radius 3 is 2.36 bits per heavy atom. The molecular weight excluding hydrogens is 340 g/mol. The van der Waals surface area contributed by atoms with Gasteiger partial charge in [0.2, 0.25) is 9.84 Å². The van der Waals surface area contributed by atoms with Crippen molar-refractivity contribution < 1.29 is 17.7 Å². The van der Waals surface area contributed by atoms with Gasteiger partial charge in [-0.3, -0.25) is 4.79 Å². The molecule has 6 nitrogen and oxygen atoms in total. The van der Waals surface area contributed by atoms with E-state index in [4.69, 9.17) is 4.52 Å². The lowest BCUT2D eigenvalue weighted by Gasteiger charge is -2.08. The summed E-state index contributed by atoms with van der Waals surface area (Å²) in [5.41, 5.74) is 0.761. The van der Waals surface area contributed by atoms with Crippen LogP contribution < -0.4 is 0 Å². The number of Topliss-reactive ketones (excluding diaryl/α,β-unsaturated/α-hetero) is 1. The number of hydrogen-bond donors (Lipinski definition) is 0. The molecule has 128 valence electrons. The van der Waals surface area contributed by atoms with Gasteiger partial charge in [-0.05, 0) is 26.0 Å². The molecular formula is C18H16N2O4S. The average Bonchev–Trinajstić information content (AvgIpc) is 3.08. The normalized spacial score (nSPS) is 12.7. The minimum Gasteiger partial charge on any atom is -0.359 e. The van der Waals surface area contributed by atoms with Gasteiger partial charge in [-0.2, -0.15) is 0 Å². The van der Waals surface area contributed by atoms with Gasteiger partial charge in [0.25, 0.3) is 0 Å². The van der Waals surface area contributed by atoms with E-state index in [9.17, 15) is 13.2 Å². The highest BCUT2D eigenvalue weighted by atomic mass is 32.2. The van der Waals surface area contributed by atoms with E-state index in [0.29, 0.717) is 5.56 Å². The number of aromatic nitrogens is 2. The van der Waals surface area contributed by atoms with Crippen LogP contribution in [0.5, 0.6) is 0 Å². The monoisotopic (exact) mass is 356 g/mol. The quantitative estimate of drug-likeness (QED) is 0.697. The third-order valence-corrected chi connectivity index (χ3v) is 5.63. The Morgan fingerprint density at radius 2 is 1.76 bits per heavy atom. The maximum atomic E-state index is 13.2. The van der Waals surface area contributed by atoms with E-state index in [2.05, 4.69) is 10.1 Å². The summed E-state index contributed by atoms with van der Waals surface area (Å²) >= 11 is 0. The first-order valence-corrected chi connectivity index (χ1v) is 9.13. The highest BCUT2D eigenvalue weighted by molar-refractivity contribution is 7.91. The molecule has 0 N–H and O–H groups in total. The SMILES string of the molecule is CC(=O)C(C)c1onc(-c2ccccc2)c1S(=O)(=O)c1ccccn1. The molecule has 25 heavy (non-hydrogen) atoms. The lowest BCUT2D eigenvalue weighted by atomic mass is 10.0. The highest BCUT2D eigenvalue weighted by Crippen LogP contribution is 2.36. The molecule has 0 bridgehead atoms. The van der Waals surface area contributed by atoms with Crippen LogP contribution in [0.25, 0.3) is 11.3 Å². The van der Waals surface area contributed by atoms with Crippen LogP contribution >= 0.6 is 0 Å². The Kier molecular flexibility index (Phi) is 4.50. The Balaban J connectivity index is 2.29. The van der Waals surface area contributed by atoms with Gasteiger partial charge >= 0.3 is 0 Å². The summed E-state index contributed by atoms with van der Waals surface area (Å²) in [6, 6.07) is 13.4. The Hall–Kier alpha value is -2.80. The van der Waals surface area contributed by atoms with Gasteiger partial charge in [-0.15, -0.1) is 0 Å². The topological polar surface area (TPSA) is 90.1 Å². The molecule has 0 amide bonds. The van der Waals surface area contributed by atoms with Crippen molar-refractivity contribution in [3.05, 3.63) is 60.5 Å². The molecule has 0 saturated carbocycles. The molecule has 7 heteroatoms. The fourth-order valence-corrected chi connectivity index (χ4v) is 3.96. The largest absolute Gasteiger partial charge is 0.359 e. The molecule has 0 spiro atoms. The zero-order valence-electron chi connectivity index (χ0n) is 13.7. The number of hydrogen-bond acceptors (Lipinski definition) is 6. The van der Waals surface area contributed by atoms with Crippen LogP contribution in [0, 0.1) is 0 Å². The van der Waals surface area contributed by atoms with Crippen molar-refractivity contribution in [2.45, 2.75) is 29.7 Å². The molecule has 3 aromatic rings. The number of rotatable bonds is 5. The average molecular weight is 356 g/mol. The van der Waals surface area contributed by atoms with Crippen LogP contribution in [0.1, 0.15) is 25.5 Å². The van der Waals surface area contributed by atoms with Crippen molar-refractivity contribution in [1.29, 1.82) is 0 Å². The molecule has 0 aliphatic rings. The number of sulfone groups is 1. The maximum absolute atomic E-state index is 13.2. The summed E-state index contributed by atoms with van der Waals surface area (Å²) in [6.45, 7) is 2.97. The summed E-state index contributed by atoms with van der Waals surface area (Å²) in [5.74, 6) is -0.927. The molecule has 1 unspecified atom stereocenters. The van der Waals surface area contributed by atoms with Crippen molar-refractivity contribution in [2.24, 2.45) is 0 Å². The number of carbonyl (C=O) groups is 1. The van der Waals surface area contributed by atoms with E-state index in [1.807, 2.05) is 6.07 Å². The van der Waals surface area contributed by atoms with E-state index in [1.165, 1.54) is 19.2 Å². The van der Waals surface area contributed by atoms with Gasteiger partial charge in [-0.25, -0.2) is 13.4 Å². The maximum Gasteiger partial charge on any atom is 0.229 e. The number of nitrogens with zero attached hydrogens (tertiary/aromatic N) is 2. The number of benzene rings is 1. The number of ketones is 1. The first-order chi connectivity index (χ1) is 11.9.